The molecule has 0 aliphatic carbocycles. The van der Waals surface area contributed by atoms with Gasteiger partial charge in [-0.05, 0) is 0 Å². The van der Waals surface area contributed by atoms with Crippen LogP contribution in [-0.2, 0) is 0 Å². The van der Waals surface area contributed by atoms with Gasteiger partial charge in [-0.2, -0.15) is 0 Å². The maximum atomic E-state index is 11.5. The normalized spacial score (nSPS) is 17.3. The maximum absolute atomic E-state index is 11.5. The molecule has 0 aromatic rings. The molecule has 1 unspecified atom stereocenters. The summed E-state index contributed by atoms with van der Waals surface area (Å²) in [6.45, 7) is 0. The minimum Gasteiger partial charge on any atom is -0.245 e. The van der Waals surface area contributed by atoms with Crippen LogP contribution in [0.15, 0.2) is 12.2 Å². The van der Waals surface area contributed by atoms with Crippen LogP contribution in [0.3, 0.4) is 0 Å². The van der Waals surface area contributed by atoms with E-state index in [0.717, 1.165) is 0 Å². The predicted octanol–water partition coefficient (Wildman–Crippen LogP) is 0.428. The summed E-state index contributed by atoms with van der Waals surface area (Å²) in [6, 6.07) is 0. The van der Waals surface area contributed by atoms with E-state index in [1.807, 2.05) is 0 Å². The highest BCUT2D eigenvalue weighted by Crippen LogP contribution is 2.03. The second kappa shape index (κ2) is 2.84. The third-order valence-corrected chi connectivity index (χ3v) is 1.04. The van der Waals surface area contributed by atoms with Crippen LogP contribution < -0.4 is 0 Å². The highest BCUT2D eigenvalue weighted by molar-refractivity contribution is 6.12. The summed E-state index contributed by atoms with van der Waals surface area (Å²) in [4.78, 5) is 0. The van der Waals surface area contributed by atoms with Crippen molar-refractivity contribution in [2.45, 2.75) is 5.79 Å². The van der Waals surface area contributed by atoms with Gasteiger partial charge in [0.25, 0.3) is 0 Å². The quantitative estimate of drug-likeness (QED) is 0.447. The maximum Gasteiger partial charge on any atom is 0.158 e. The first-order valence-electron chi connectivity index (χ1n) is 1.78. The lowest BCUT2D eigenvalue weighted by atomic mass is 10.6. The molecule has 0 amide bonds. The third-order valence-electron chi connectivity index (χ3n) is 0.484. The molecule has 0 aromatic carbocycles. The van der Waals surface area contributed by atoms with Crippen molar-refractivity contribution in [3.63, 3.8) is 0 Å². The van der Waals surface area contributed by atoms with Crippen LogP contribution >= 0.6 is 0 Å². The summed E-state index contributed by atoms with van der Waals surface area (Å²) in [7, 11) is 0.0125. The molecule has 4 heteroatoms. The fourth-order valence-electron chi connectivity index (χ4n) is 0.0868. The molecule has 42 valence electrons. The van der Waals surface area contributed by atoms with Crippen molar-refractivity contribution in [3.8, 4) is 0 Å². The summed E-state index contributed by atoms with van der Waals surface area (Å²) in [5, 5.41) is 0. The summed E-state index contributed by atoms with van der Waals surface area (Å²) in [6.07, 6.45) is -0.350. The highest BCUT2D eigenvalue weighted by Gasteiger charge is 2.02. The zero-order valence-electron chi connectivity index (χ0n) is 3.79. The Morgan fingerprint density at radius 1 is 1.71 bits per heavy atom. The van der Waals surface area contributed by atoms with Crippen molar-refractivity contribution in [1.82, 2.24) is 0 Å². The van der Waals surface area contributed by atoms with Gasteiger partial charge in [-0.25, -0.2) is 13.2 Å². The molecule has 0 saturated heterocycles. The topological polar surface area (TPSA) is 0 Å². The van der Waals surface area contributed by atoms with Crippen molar-refractivity contribution in [2.75, 3.05) is 0 Å². The molecule has 0 rings (SSSR count). The monoisotopic (exact) mass is 126 g/mol. The van der Waals surface area contributed by atoms with E-state index in [1.165, 1.54) is 0 Å². The van der Waals surface area contributed by atoms with Crippen molar-refractivity contribution >= 4 is 10.2 Å². The average molecular weight is 126 g/mol. The van der Waals surface area contributed by atoms with E-state index in [4.69, 9.17) is 0 Å². The molecule has 0 aliphatic heterocycles. The molecule has 0 aliphatic rings. The molecule has 7 heavy (non-hydrogen) atoms. The molecule has 0 N–H and O–H groups in total. The minimum absolute atomic E-state index is 0.0125. The van der Waals surface area contributed by atoms with Crippen LogP contribution in [0, 0.1) is 0 Å². The van der Waals surface area contributed by atoms with Crippen LogP contribution in [0.25, 0.3) is 0 Å². The van der Waals surface area contributed by atoms with Crippen LogP contribution in [0.4, 0.5) is 13.2 Å². The fraction of sp³-hybridized carbons (Fsp3) is 0.333. The Hall–Kier alpha value is -0.253. The van der Waals surface area contributed by atoms with Gasteiger partial charge in [-0.15, -0.1) is 0 Å². The Balaban J connectivity index is 3.56. The first-order valence-corrected chi connectivity index (χ1v) is 2.93. The van der Waals surface area contributed by atoms with Gasteiger partial charge >= 0.3 is 0 Å². The first-order chi connectivity index (χ1) is 3.18. The molecular weight excluding hydrogens is 121 g/mol. The van der Waals surface area contributed by atoms with E-state index in [-0.39, 0.29) is 16.6 Å². The lowest BCUT2D eigenvalue weighted by Gasteiger charge is -1.89. The molecule has 0 bridgehead atoms. The lowest BCUT2D eigenvalue weighted by Crippen LogP contribution is -1.96. The van der Waals surface area contributed by atoms with Crippen LogP contribution in [0.1, 0.15) is 0 Å². The van der Waals surface area contributed by atoms with Gasteiger partial charge in [0.1, 0.15) is 12.1 Å². The van der Waals surface area contributed by atoms with Gasteiger partial charge in [-0.1, -0.05) is 0 Å². The van der Waals surface area contributed by atoms with Crippen molar-refractivity contribution in [2.24, 2.45) is 0 Å². The molecule has 0 saturated carbocycles. The smallest absolute Gasteiger partial charge is 0.158 e. The summed E-state index contributed by atoms with van der Waals surface area (Å²) in [5.41, 5.74) is 0. The van der Waals surface area contributed by atoms with Crippen LogP contribution in [0.2, 0.25) is 0 Å². The molecule has 0 aromatic heterocycles. The molecule has 0 nitrogen and oxygen atoms in total. The number of halogens is 3. The number of allylic oxidation sites excluding steroid dienone is 1. The summed E-state index contributed by atoms with van der Waals surface area (Å²) < 4.78 is 33.8. The van der Waals surface area contributed by atoms with E-state index in [1.54, 1.807) is 0 Å². The Bertz CT molecular complexity index is 78.2. The molecule has 1 atom stereocenters. The summed E-state index contributed by atoms with van der Waals surface area (Å²) in [5.74, 6) is -2.98. The SMILES string of the molecule is FC=C(F)C(F)[SiH3]. The first kappa shape index (κ1) is 6.75. The fourth-order valence-corrected chi connectivity index (χ4v) is 0.213. The van der Waals surface area contributed by atoms with E-state index in [0.29, 0.717) is 0 Å². The largest absolute Gasteiger partial charge is 0.245 e. The average Bonchev–Trinajstić information content (AvgIpc) is 1.65. The zero-order valence-corrected chi connectivity index (χ0v) is 5.79. The highest BCUT2D eigenvalue weighted by atomic mass is 28.1. The zero-order chi connectivity index (χ0) is 5.86. The predicted molar refractivity (Wildman–Crippen MR) is 25.1 cm³/mol. The van der Waals surface area contributed by atoms with E-state index < -0.39 is 11.6 Å². The minimum atomic E-state index is -1.68. The third kappa shape index (κ3) is 2.44. The number of hydrogen-bond acceptors (Lipinski definition) is 0. The van der Waals surface area contributed by atoms with Gasteiger partial charge in [0.05, 0.1) is 10.2 Å². The Morgan fingerprint density at radius 3 is 2.14 bits per heavy atom. The van der Waals surface area contributed by atoms with E-state index in [9.17, 15) is 13.2 Å². The lowest BCUT2D eigenvalue weighted by molar-refractivity contribution is 0.405. The van der Waals surface area contributed by atoms with Crippen LogP contribution in [0.5, 0.6) is 0 Å². The van der Waals surface area contributed by atoms with Crippen molar-refractivity contribution in [3.05, 3.63) is 12.2 Å². The Labute approximate surface area is 42.4 Å². The second-order valence-electron chi connectivity index (χ2n) is 1.11. The van der Waals surface area contributed by atoms with E-state index in [2.05, 4.69) is 0 Å². The standard InChI is InChI=1S/C3H5F3Si/c4-1-2(5)3(6)7/h1,3H,7H3. The second-order valence-corrected chi connectivity index (χ2v) is 2.12. The van der Waals surface area contributed by atoms with Crippen molar-refractivity contribution < 1.29 is 13.2 Å². The number of hydrogen-bond donors (Lipinski definition) is 0. The molecule has 0 fully saturated rings. The Morgan fingerprint density at radius 2 is 2.14 bits per heavy atom. The van der Waals surface area contributed by atoms with Crippen LogP contribution in [-0.4, -0.2) is 16.0 Å². The summed E-state index contributed by atoms with van der Waals surface area (Å²) >= 11 is 0. The molecule has 0 spiro atoms. The van der Waals surface area contributed by atoms with Gasteiger partial charge in [0, 0.05) is 0 Å². The Kier molecular flexibility index (Phi) is 2.74. The number of rotatable bonds is 1. The van der Waals surface area contributed by atoms with Gasteiger partial charge in [0.2, 0.25) is 0 Å². The van der Waals surface area contributed by atoms with E-state index >= 15 is 0 Å². The van der Waals surface area contributed by atoms with Gasteiger partial charge in [-0.3, -0.25) is 0 Å². The molecule has 0 heterocycles. The van der Waals surface area contributed by atoms with Gasteiger partial charge in [0.15, 0.2) is 5.83 Å². The molecular formula is C3H5F3Si. The van der Waals surface area contributed by atoms with Crippen molar-refractivity contribution in [1.29, 1.82) is 0 Å². The molecule has 0 radical (unpaired) electrons. The van der Waals surface area contributed by atoms with Gasteiger partial charge < -0.3 is 0 Å². The number of alkyl halides is 1.